The molecule has 0 aliphatic rings. The molecule has 0 saturated heterocycles. The summed E-state index contributed by atoms with van der Waals surface area (Å²) < 4.78 is 0. The summed E-state index contributed by atoms with van der Waals surface area (Å²) in [4.78, 5) is 0. The second kappa shape index (κ2) is 7.08. The van der Waals surface area contributed by atoms with Crippen molar-refractivity contribution >= 4 is 30.3 Å². The fourth-order valence-electron chi connectivity index (χ4n) is 0.428. The van der Waals surface area contributed by atoms with Gasteiger partial charge in [-0.15, -0.1) is 0 Å². The average Bonchev–Trinajstić information content (AvgIpc) is 1.87. The van der Waals surface area contributed by atoms with E-state index < -0.39 is 11.2 Å². The summed E-state index contributed by atoms with van der Waals surface area (Å²) in [7, 11) is 14.7. The number of hydrogen-bond acceptors (Lipinski definition) is 1. The quantitative estimate of drug-likeness (QED) is 0.705. The molecule has 0 aliphatic carbocycles. The second-order valence-electron chi connectivity index (χ2n) is 1.49. The molecule has 11 heavy (non-hydrogen) atoms. The van der Waals surface area contributed by atoms with Crippen LogP contribution in [-0.2, 0) is 11.2 Å². The van der Waals surface area contributed by atoms with Crippen LogP contribution >= 0.6 is 30.3 Å². The predicted octanol–water partition coefficient (Wildman–Crippen LogP) is 3.46. The molecule has 1 rings (SSSR count). The van der Waals surface area contributed by atoms with Crippen molar-refractivity contribution < 1.29 is 16.3 Å². The SMILES string of the molecule is Oc1ccccc1.[Cl][Fe]([Cl])[Cl]. The molecule has 0 aromatic heterocycles. The van der Waals surface area contributed by atoms with Crippen molar-refractivity contribution in [2.45, 2.75) is 0 Å². The number of para-hydroxylation sites is 1. The van der Waals surface area contributed by atoms with E-state index in [1.807, 2.05) is 6.07 Å². The van der Waals surface area contributed by atoms with Gasteiger partial charge in [0.2, 0.25) is 0 Å². The molecule has 0 amide bonds. The molecule has 0 atom stereocenters. The molecule has 0 heterocycles. The summed E-state index contributed by atoms with van der Waals surface area (Å²) in [5.41, 5.74) is 0. The molecule has 1 N–H and O–H groups in total. The second-order valence-corrected chi connectivity index (χ2v) is 6.96. The Morgan fingerprint density at radius 3 is 1.55 bits per heavy atom. The van der Waals surface area contributed by atoms with Gasteiger partial charge in [-0.3, -0.25) is 0 Å². The number of benzene rings is 1. The Hall–Kier alpha value is 0.409. The summed E-state index contributed by atoms with van der Waals surface area (Å²) in [5, 5.41) is 8.63. The van der Waals surface area contributed by atoms with Crippen LogP contribution in [0.15, 0.2) is 30.3 Å². The Bertz CT molecular complexity index is 178. The Morgan fingerprint density at radius 2 is 1.36 bits per heavy atom. The summed E-state index contributed by atoms with van der Waals surface area (Å²) in [6.45, 7) is 0. The van der Waals surface area contributed by atoms with E-state index in [4.69, 9.17) is 35.4 Å². The minimum atomic E-state index is -1.33. The van der Waals surface area contributed by atoms with E-state index in [9.17, 15) is 0 Å². The van der Waals surface area contributed by atoms with Gasteiger partial charge in [0.15, 0.2) is 0 Å². The van der Waals surface area contributed by atoms with Crippen molar-refractivity contribution in [1.82, 2.24) is 0 Å². The molecule has 0 unspecified atom stereocenters. The van der Waals surface area contributed by atoms with Crippen LogP contribution in [0.25, 0.3) is 0 Å². The van der Waals surface area contributed by atoms with Gasteiger partial charge in [-0.2, -0.15) is 0 Å². The Morgan fingerprint density at radius 1 is 1.00 bits per heavy atom. The van der Waals surface area contributed by atoms with Gasteiger partial charge in [0.05, 0.1) is 0 Å². The molecule has 1 nitrogen and oxygen atoms in total. The van der Waals surface area contributed by atoms with Gasteiger partial charge >= 0.3 is 41.5 Å². The van der Waals surface area contributed by atoms with Crippen LogP contribution in [0.2, 0.25) is 0 Å². The van der Waals surface area contributed by atoms with E-state index >= 15 is 0 Å². The van der Waals surface area contributed by atoms with Crippen LogP contribution in [0.5, 0.6) is 5.75 Å². The van der Waals surface area contributed by atoms with Crippen LogP contribution in [0.3, 0.4) is 0 Å². The van der Waals surface area contributed by atoms with Gasteiger partial charge in [-0.05, 0) is 12.1 Å². The van der Waals surface area contributed by atoms with Crippen LogP contribution in [0.1, 0.15) is 0 Å². The summed E-state index contributed by atoms with van der Waals surface area (Å²) in [6.07, 6.45) is 0. The van der Waals surface area contributed by atoms with Gasteiger partial charge in [0, 0.05) is 0 Å². The van der Waals surface area contributed by atoms with E-state index in [1.54, 1.807) is 24.3 Å². The van der Waals surface area contributed by atoms with E-state index in [2.05, 4.69) is 0 Å². The van der Waals surface area contributed by atoms with Gasteiger partial charge in [0.1, 0.15) is 5.75 Å². The fraction of sp³-hybridized carbons (Fsp3) is 0. The first kappa shape index (κ1) is 11.4. The monoisotopic (exact) mass is 255 g/mol. The maximum absolute atomic E-state index is 8.63. The first-order valence-electron chi connectivity index (χ1n) is 2.54. The molecule has 1 aromatic carbocycles. The zero-order valence-corrected chi connectivity index (χ0v) is 8.69. The Kier molecular flexibility index (Phi) is 7.34. The zero-order valence-electron chi connectivity index (χ0n) is 5.32. The molecule has 0 radical (unpaired) electrons. The van der Waals surface area contributed by atoms with Crippen molar-refractivity contribution in [3.63, 3.8) is 0 Å². The van der Waals surface area contributed by atoms with Crippen molar-refractivity contribution in [2.24, 2.45) is 0 Å². The van der Waals surface area contributed by atoms with Crippen molar-refractivity contribution in [3.05, 3.63) is 30.3 Å². The normalized spacial score (nSPS) is 9.55. The number of hydrogen-bond donors (Lipinski definition) is 1. The first-order chi connectivity index (χ1) is 5.13. The van der Waals surface area contributed by atoms with Crippen LogP contribution < -0.4 is 0 Å². The third-order valence-electron chi connectivity index (χ3n) is 0.756. The molecule has 5 heteroatoms. The van der Waals surface area contributed by atoms with Crippen LogP contribution in [-0.4, -0.2) is 5.11 Å². The summed E-state index contributed by atoms with van der Waals surface area (Å²) >= 11 is -1.33. The Balaban J connectivity index is 0.000000218. The topological polar surface area (TPSA) is 20.2 Å². The number of rotatable bonds is 0. The van der Waals surface area contributed by atoms with Crippen LogP contribution in [0, 0.1) is 0 Å². The number of phenolic OH excluding ortho intramolecular Hbond substituents is 1. The minimum absolute atomic E-state index is 0.322. The number of phenols is 1. The predicted molar refractivity (Wildman–Crippen MR) is 45.7 cm³/mol. The van der Waals surface area contributed by atoms with Crippen molar-refractivity contribution in [3.8, 4) is 5.75 Å². The number of halogens is 3. The molecule has 1 aromatic rings. The third-order valence-corrected chi connectivity index (χ3v) is 0.756. The van der Waals surface area contributed by atoms with E-state index in [0.717, 1.165) is 0 Å². The van der Waals surface area contributed by atoms with Gasteiger partial charge in [-0.1, -0.05) is 18.2 Å². The van der Waals surface area contributed by atoms with Gasteiger partial charge in [-0.25, -0.2) is 0 Å². The van der Waals surface area contributed by atoms with E-state index in [-0.39, 0.29) is 0 Å². The van der Waals surface area contributed by atoms with E-state index in [0.29, 0.717) is 5.75 Å². The maximum atomic E-state index is 8.63. The van der Waals surface area contributed by atoms with Crippen LogP contribution in [0.4, 0.5) is 0 Å². The third kappa shape index (κ3) is 10.4. The van der Waals surface area contributed by atoms with Crippen molar-refractivity contribution in [2.75, 3.05) is 0 Å². The molecule has 0 fully saturated rings. The van der Waals surface area contributed by atoms with Gasteiger partial charge < -0.3 is 5.11 Å². The standard InChI is InChI=1S/C6H6O.3ClH.Fe/c7-6-4-2-1-3-5-6;;;;/h1-5,7H;3*1H;/q;;;;+3/p-3. The fourth-order valence-corrected chi connectivity index (χ4v) is 0.428. The molecule has 0 spiro atoms. The van der Waals surface area contributed by atoms with Crippen molar-refractivity contribution in [1.29, 1.82) is 0 Å². The molecule has 0 saturated carbocycles. The summed E-state index contributed by atoms with van der Waals surface area (Å²) in [5.74, 6) is 0.322. The first-order valence-corrected chi connectivity index (χ1v) is 7.09. The molecule has 65 valence electrons. The Labute approximate surface area is 82.5 Å². The average molecular weight is 256 g/mol. The number of aromatic hydroxyl groups is 1. The molecular weight excluding hydrogens is 250 g/mol. The van der Waals surface area contributed by atoms with E-state index in [1.165, 1.54) is 0 Å². The van der Waals surface area contributed by atoms with Gasteiger partial charge in [0.25, 0.3) is 0 Å². The summed E-state index contributed by atoms with van der Waals surface area (Å²) in [6, 6.07) is 8.71. The zero-order chi connectivity index (χ0) is 8.69. The molecule has 0 bridgehead atoms. The molecule has 0 aliphatic heterocycles. The molecular formula is C6H6Cl3FeO.